The molecule has 1 aromatic rings. The van der Waals surface area contributed by atoms with Crippen molar-refractivity contribution in [2.75, 3.05) is 0 Å². The van der Waals surface area contributed by atoms with Crippen LogP contribution in [0.1, 0.15) is 25.0 Å². The Balaban J connectivity index is 1.83. The number of aromatic nitrogens is 1. The summed E-state index contributed by atoms with van der Waals surface area (Å²) < 4.78 is 12.5. The number of hydrogen-bond acceptors (Lipinski definition) is 2. The number of nitrogens with one attached hydrogen (secondary N) is 1. The van der Waals surface area contributed by atoms with Crippen molar-refractivity contribution in [3.63, 3.8) is 0 Å². The van der Waals surface area contributed by atoms with Crippen LogP contribution in [0.5, 0.6) is 0 Å². The molecule has 13 heavy (non-hydrogen) atoms. The zero-order chi connectivity index (χ0) is 9.10. The summed E-state index contributed by atoms with van der Waals surface area (Å²) >= 11 is 0. The van der Waals surface area contributed by atoms with Crippen LogP contribution in [-0.4, -0.2) is 11.0 Å². The molecule has 0 atom stereocenters. The van der Waals surface area contributed by atoms with Crippen molar-refractivity contribution >= 4 is 0 Å². The molecule has 0 aliphatic heterocycles. The molecule has 2 rings (SSSR count). The van der Waals surface area contributed by atoms with E-state index >= 15 is 0 Å². The molecule has 1 heterocycles. The minimum Gasteiger partial charge on any atom is -0.308 e. The average Bonchev–Trinajstić information content (AvgIpc) is 2.05. The number of pyridine rings is 1. The quantitative estimate of drug-likeness (QED) is 0.768. The van der Waals surface area contributed by atoms with Crippen LogP contribution in [0.15, 0.2) is 18.3 Å². The Morgan fingerprint density at radius 2 is 2.31 bits per heavy atom. The van der Waals surface area contributed by atoms with E-state index in [-0.39, 0.29) is 5.82 Å². The zero-order valence-corrected chi connectivity index (χ0v) is 7.46. The summed E-state index contributed by atoms with van der Waals surface area (Å²) in [5.74, 6) is -0.271. The third-order valence-corrected chi connectivity index (χ3v) is 2.47. The van der Waals surface area contributed by atoms with Crippen LogP contribution in [0.4, 0.5) is 4.39 Å². The number of hydrogen-bond donors (Lipinski definition) is 1. The Hall–Kier alpha value is -0.960. The lowest BCUT2D eigenvalue weighted by Crippen LogP contribution is -2.34. The fourth-order valence-electron chi connectivity index (χ4n) is 1.37. The van der Waals surface area contributed by atoms with Gasteiger partial charge < -0.3 is 5.32 Å². The van der Waals surface area contributed by atoms with Gasteiger partial charge in [0.2, 0.25) is 0 Å². The molecular formula is C10H13FN2. The van der Waals surface area contributed by atoms with Gasteiger partial charge in [0.15, 0.2) is 0 Å². The molecule has 3 heteroatoms. The van der Waals surface area contributed by atoms with E-state index in [1.165, 1.54) is 31.5 Å². The van der Waals surface area contributed by atoms with E-state index < -0.39 is 0 Å². The molecule has 0 unspecified atom stereocenters. The van der Waals surface area contributed by atoms with Crippen molar-refractivity contribution in [3.05, 3.63) is 29.8 Å². The molecule has 1 aliphatic carbocycles. The van der Waals surface area contributed by atoms with Gasteiger partial charge in [-0.1, -0.05) is 6.42 Å². The van der Waals surface area contributed by atoms with Gasteiger partial charge >= 0.3 is 0 Å². The smallest absolute Gasteiger partial charge is 0.141 e. The molecular weight excluding hydrogens is 167 g/mol. The third-order valence-electron chi connectivity index (χ3n) is 2.47. The molecule has 0 aromatic carbocycles. The van der Waals surface area contributed by atoms with E-state index in [0.29, 0.717) is 6.04 Å². The highest BCUT2D eigenvalue weighted by Gasteiger charge is 2.15. The summed E-state index contributed by atoms with van der Waals surface area (Å²) in [6.45, 7) is 0.755. The van der Waals surface area contributed by atoms with Gasteiger partial charge in [0.05, 0.1) is 11.9 Å². The summed E-state index contributed by atoms with van der Waals surface area (Å²) in [6.07, 6.45) is 5.12. The van der Waals surface area contributed by atoms with Gasteiger partial charge in [-0.3, -0.25) is 4.98 Å². The monoisotopic (exact) mass is 180 g/mol. The van der Waals surface area contributed by atoms with Gasteiger partial charge in [-0.2, -0.15) is 0 Å². The predicted octanol–water partition coefficient (Wildman–Crippen LogP) is 1.86. The maximum absolute atomic E-state index is 12.5. The number of halogens is 1. The predicted molar refractivity (Wildman–Crippen MR) is 48.7 cm³/mol. The Kier molecular flexibility index (Phi) is 2.54. The lowest BCUT2D eigenvalue weighted by molar-refractivity contribution is 0.337. The van der Waals surface area contributed by atoms with Crippen LogP contribution < -0.4 is 5.32 Å². The van der Waals surface area contributed by atoms with E-state index in [0.717, 1.165) is 12.2 Å². The maximum Gasteiger partial charge on any atom is 0.141 e. The molecule has 0 spiro atoms. The van der Waals surface area contributed by atoms with E-state index in [2.05, 4.69) is 10.3 Å². The summed E-state index contributed by atoms with van der Waals surface area (Å²) in [6, 6.07) is 3.83. The molecule has 1 aliphatic rings. The highest BCUT2D eigenvalue weighted by Crippen LogP contribution is 2.18. The van der Waals surface area contributed by atoms with Crippen molar-refractivity contribution < 1.29 is 4.39 Å². The van der Waals surface area contributed by atoms with Gasteiger partial charge in [0, 0.05) is 12.6 Å². The van der Waals surface area contributed by atoms with E-state index in [1.807, 2.05) is 0 Å². The Morgan fingerprint density at radius 1 is 1.46 bits per heavy atom. The fourth-order valence-corrected chi connectivity index (χ4v) is 1.37. The fraction of sp³-hybridized carbons (Fsp3) is 0.500. The maximum atomic E-state index is 12.5. The first-order valence-electron chi connectivity index (χ1n) is 4.68. The lowest BCUT2D eigenvalue weighted by atomic mass is 9.93. The minimum atomic E-state index is -0.271. The highest BCUT2D eigenvalue weighted by atomic mass is 19.1. The SMILES string of the molecule is Fc1ccc(CNC2CCC2)nc1. The largest absolute Gasteiger partial charge is 0.308 e. The Morgan fingerprint density at radius 3 is 2.85 bits per heavy atom. The van der Waals surface area contributed by atoms with E-state index in [9.17, 15) is 4.39 Å². The van der Waals surface area contributed by atoms with E-state index in [1.54, 1.807) is 6.07 Å². The molecule has 2 nitrogen and oxygen atoms in total. The van der Waals surface area contributed by atoms with Crippen molar-refractivity contribution in [1.82, 2.24) is 10.3 Å². The molecule has 1 fully saturated rings. The Bertz CT molecular complexity index is 267. The van der Waals surface area contributed by atoms with Gasteiger partial charge in [-0.15, -0.1) is 0 Å². The van der Waals surface area contributed by atoms with Crippen molar-refractivity contribution in [3.8, 4) is 0 Å². The molecule has 0 radical (unpaired) electrons. The molecule has 70 valence electrons. The summed E-state index contributed by atoms with van der Waals surface area (Å²) in [7, 11) is 0. The summed E-state index contributed by atoms with van der Waals surface area (Å²) in [4.78, 5) is 3.97. The normalized spacial score (nSPS) is 17.0. The zero-order valence-electron chi connectivity index (χ0n) is 7.46. The second-order valence-electron chi connectivity index (χ2n) is 3.48. The van der Waals surface area contributed by atoms with Gasteiger partial charge in [-0.05, 0) is 25.0 Å². The van der Waals surface area contributed by atoms with Crippen LogP contribution in [0.25, 0.3) is 0 Å². The van der Waals surface area contributed by atoms with Crippen molar-refractivity contribution in [2.24, 2.45) is 0 Å². The van der Waals surface area contributed by atoms with Gasteiger partial charge in [-0.25, -0.2) is 4.39 Å². The van der Waals surface area contributed by atoms with Crippen LogP contribution >= 0.6 is 0 Å². The number of rotatable bonds is 3. The minimum absolute atomic E-state index is 0.271. The Labute approximate surface area is 77.2 Å². The van der Waals surface area contributed by atoms with Crippen molar-refractivity contribution in [2.45, 2.75) is 31.8 Å². The molecule has 0 saturated heterocycles. The van der Waals surface area contributed by atoms with E-state index in [4.69, 9.17) is 0 Å². The first kappa shape index (κ1) is 8.63. The van der Waals surface area contributed by atoms with Crippen LogP contribution in [0.2, 0.25) is 0 Å². The van der Waals surface area contributed by atoms with Crippen LogP contribution in [-0.2, 0) is 6.54 Å². The second kappa shape index (κ2) is 3.83. The van der Waals surface area contributed by atoms with Crippen LogP contribution in [0.3, 0.4) is 0 Å². The molecule has 0 amide bonds. The third kappa shape index (κ3) is 2.25. The molecule has 1 saturated carbocycles. The summed E-state index contributed by atoms with van der Waals surface area (Å²) in [5, 5.41) is 3.37. The van der Waals surface area contributed by atoms with Crippen molar-refractivity contribution in [1.29, 1.82) is 0 Å². The molecule has 1 N–H and O–H groups in total. The molecule has 1 aromatic heterocycles. The van der Waals surface area contributed by atoms with Crippen LogP contribution in [0, 0.1) is 5.82 Å². The second-order valence-corrected chi connectivity index (χ2v) is 3.48. The highest BCUT2D eigenvalue weighted by molar-refractivity contribution is 5.05. The summed E-state index contributed by atoms with van der Waals surface area (Å²) in [5.41, 5.74) is 0.910. The average molecular weight is 180 g/mol. The first-order valence-corrected chi connectivity index (χ1v) is 4.68. The van der Waals surface area contributed by atoms with Gasteiger partial charge in [0.25, 0.3) is 0 Å². The molecule has 0 bridgehead atoms. The topological polar surface area (TPSA) is 24.9 Å². The standard InChI is InChI=1S/C10H13FN2/c11-8-4-5-10(12-6-8)7-13-9-2-1-3-9/h4-6,9,13H,1-3,7H2. The lowest BCUT2D eigenvalue weighted by Gasteiger charge is -2.26. The van der Waals surface area contributed by atoms with Gasteiger partial charge in [0.1, 0.15) is 5.82 Å². The first-order chi connectivity index (χ1) is 6.34. The number of nitrogens with zero attached hydrogens (tertiary/aromatic N) is 1.